The number of aliphatic hydroxyl groups is 1. The van der Waals surface area contributed by atoms with Gasteiger partial charge in [-0.25, -0.2) is 0 Å². The molecule has 110 valence electrons. The number of carbonyl (C=O) groups excluding carboxylic acids is 1. The normalized spacial score (nSPS) is 18.7. The molecule has 5 nitrogen and oxygen atoms in total. The van der Waals surface area contributed by atoms with Crippen molar-refractivity contribution in [1.29, 1.82) is 0 Å². The molecule has 1 saturated heterocycles. The van der Waals surface area contributed by atoms with Crippen molar-refractivity contribution in [3.8, 4) is 11.3 Å². The highest BCUT2D eigenvalue weighted by atomic mass is 16.5. The summed E-state index contributed by atoms with van der Waals surface area (Å²) >= 11 is 0. The molecular formula is C16H18N2O3. The smallest absolute Gasteiger partial charge is 0.276 e. The molecule has 1 aromatic carbocycles. The molecule has 2 aromatic rings. The minimum absolute atomic E-state index is 0.123. The van der Waals surface area contributed by atoms with Crippen LogP contribution in [0, 0.1) is 5.92 Å². The van der Waals surface area contributed by atoms with Crippen LogP contribution in [-0.4, -0.2) is 40.8 Å². The third-order valence-corrected chi connectivity index (χ3v) is 3.85. The van der Waals surface area contributed by atoms with Gasteiger partial charge in [0.1, 0.15) is 0 Å². The number of likely N-dealkylation sites (tertiary alicyclic amines) is 1. The molecule has 0 aliphatic carbocycles. The first-order valence-corrected chi connectivity index (χ1v) is 7.20. The predicted molar refractivity (Wildman–Crippen MR) is 77.7 cm³/mol. The summed E-state index contributed by atoms with van der Waals surface area (Å²) in [5, 5.41) is 13.1. The zero-order valence-electron chi connectivity index (χ0n) is 11.7. The second-order valence-electron chi connectivity index (χ2n) is 5.38. The molecule has 0 saturated carbocycles. The molecule has 1 fully saturated rings. The summed E-state index contributed by atoms with van der Waals surface area (Å²) in [6.07, 6.45) is 1.88. The fourth-order valence-corrected chi connectivity index (χ4v) is 2.68. The molecule has 0 spiro atoms. The number of piperidine rings is 1. The van der Waals surface area contributed by atoms with Crippen molar-refractivity contribution in [3.63, 3.8) is 0 Å². The molecule has 1 amide bonds. The fraction of sp³-hybridized carbons (Fsp3) is 0.375. The van der Waals surface area contributed by atoms with E-state index in [1.54, 1.807) is 11.0 Å². The summed E-state index contributed by atoms with van der Waals surface area (Å²) in [6, 6.07) is 11.3. The minimum atomic E-state index is -0.126. The largest absolute Gasteiger partial charge is 0.396 e. The first-order valence-electron chi connectivity index (χ1n) is 7.20. The van der Waals surface area contributed by atoms with Gasteiger partial charge in [-0.05, 0) is 18.8 Å². The van der Waals surface area contributed by atoms with E-state index in [9.17, 15) is 9.90 Å². The zero-order chi connectivity index (χ0) is 14.7. The van der Waals surface area contributed by atoms with E-state index in [4.69, 9.17) is 4.52 Å². The van der Waals surface area contributed by atoms with Crippen LogP contribution in [0.25, 0.3) is 11.3 Å². The molecule has 1 aliphatic rings. The van der Waals surface area contributed by atoms with E-state index >= 15 is 0 Å². The average molecular weight is 286 g/mol. The first-order chi connectivity index (χ1) is 10.3. The Morgan fingerprint density at radius 3 is 2.95 bits per heavy atom. The molecule has 1 aromatic heterocycles. The maximum Gasteiger partial charge on any atom is 0.276 e. The van der Waals surface area contributed by atoms with Crippen molar-refractivity contribution in [2.24, 2.45) is 5.92 Å². The lowest BCUT2D eigenvalue weighted by atomic mass is 9.99. The summed E-state index contributed by atoms with van der Waals surface area (Å²) < 4.78 is 5.27. The highest BCUT2D eigenvalue weighted by Crippen LogP contribution is 2.22. The van der Waals surface area contributed by atoms with Crippen LogP contribution in [0.2, 0.25) is 0 Å². The van der Waals surface area contributed by atoms with E-state index in [-0.39, 0.29) is 18.4 Å². The molecule has 5 heteroatoms. The third-order valence-electron chi connectivity index (χ3n) is 3.85. The van der Waals surface area contributed by atoms with Crippen LogP contribution < -0.4 is 0 Å². The highest BCUT2D eigenvalue weighted by molar-refractivity contribution is 5.93. The topological polar surface area (TPSA) is 66.6 Å². The van der Waals surface area contributed by atoms with Crippen LogP contribution in [0.4, 0.5) is 0 Å². The van der Waals surface area contributed by atoms with E-state index in [2.05, 4.69) is 5.16 Å². The van der Waals surface area contributed by atoms with Gasteiger partial charge in [0.2, 0.25) is 0 Å². The molecule has 3 rings (SSSR count). The number of amides is 1. The van der Waals surface area contributed by atoms with E-state index in [1.165, 1.54) is 0 Å². The van der Waals surface area contributed by atoms with Crippen LogP contribution in [0.15, 0.2) is 40.9 Å². The molecule has 21 heavy (non-hydrogen) atoms. The summed E-state index contributed by atoms with van der Waals surface area (Å²) in [4.78, 5) is 14.2. The van der Waals surface area contributed by atoms with Crippen molar-refractivity contribution in [3.05, 3.63) is 42.1 Å². The van der Waals surface area contributed by atoms with E-state index < -0.39 is 0 Å². The van der Waals surface area contributed by atoms with E-state index in [1.807, 2.05) is 30.3 Å². The number of hydrogen-bond donors (Lipinski definition) is 1. The number of benzene rings is 1. The molecule has 2 heterocycles. The van der Waals surface area contributed by atoms with Gasteiger partial charge in [-0.3, -0.25) is 4.79 Å². The summed E-state index contributed by atoms with van der Waals surface area (Å²) in [6.45, 7) is 1.42. The maximum atomic E-state index is 12.4. The van der Waals surface area contributed by atoms with Gasteiger partial charge in [0.25, 0.3) is 5.91 Å². The number of aliphatic hydroxyl groups excluding tert-OH is 1. The van der Waals surface area contributed by atoms with Gasteiger partial charge in [-0.15, -0.1) is 0 Å². The molecule has 1 unspecified atom stereocenters. The van der Waals surface area contributed by atoms with Crippen LogP contribution in [-0.2, 0) is 0 Å². The Labute approximate surface area is 123 Å². The number of carbonyl (C=O) groups is 1. The quantitative estimate of drug-likeness (QED) is 0.939. The van der Waals surface area contributed by atoms with Gasteiger partial charge in [0.05, 0.1) is 0 Å². The van der Waals surface area contributed by atoms with Crippen LogP contribution in [0.3, 0.4) is 0 Å². The number of rotatable bonds is 3. The molecule has 1 aliphatic heterocycles. The van der Waals surface area contributed by atoms with Gasteiger partial charge >= 0.3 is 0 Å². The van der Waals surface area contributed by atoms with Gasteiger partial charge in [-0.1, -0.05) is 35.5 Å². The second-order valence-corrected chi connectivity index (χ2v) is 5.38. The Bertz CT molecular complexity index is 609. The fourth-order valence-electron chi connectivity index (χ4n) is 2.68. The van der Waals surface area contributed by atoms with Gasteiger partial charge < -0.3 is 14.5 Å². The van der Waals surface area contributed by atoms with Crippen molar-refractivity contribution in [1.82, 2.24) is 10.1 Å². The monoisotopic (exact) mass is 286 g/mol. The van der Waals surface area contributed by atoms with E-state index in [0.717, 1.165) is 18.4 Å². The Morgan fingerprint density at radius 2 is 2.19 bits per heavy atom. The van der Waals surface area contributed by atoms with Gasteiger partial charge in [0.15, 0.2) is 11.5 Å². The molecule has 0 radical (unpaired) electrons. The second kappa shape index (κ2) is 6.10. The Morgan fingerprint density at radius 1 is 1.38 bits per heavy atom. The van der Waals surface area contributed by atoms with Crippen molar-refractivity contribution >= 4 is 5.91 Å². The zero-order valence-corrected chi connectivity index (χ0v) is 11.7. The first kappa shape index (κ1) is 13.8. The molecule has 1 N–H and O–H groups in total. The molecular weight excluding hydrogens is 268 g/mol. The Kier molecular flexibility index (Phi) is 4.01. The Hall–Kier alpha value is -2.14. The summed E-state index contributed by atoms with van der Waals surface area (Å²) in [5.41, 5.74) is 1.23. The van der Waals surface area contributed by atoms with Crippen molar-refractivity contribution in [2.45, 2.75) is 12.8 Å². The standard InChI is InChI=1S/C16H18N2O3/c19-11-12-5-4-8-18(10-12)16(20)14-9-15(21-17-14)13-6-2-1-3-7-13/h1-3,6-7,9,12,19H,4-5,8,10-11H2. The van der Waals surface area contributed by atoms with Gasteiger partial charge in [-0.2, -0.15) is 0 Å². The number of aromatic nitrogens is 1. The van der Waals surface area contributed by atoms with Crippen molar-refractivity contribution < 1.29 is 14.4 Å². The van der Waals surface area contributed by atoms with Gasteiger partial charge in [0, 0.05) is 31.3 Å². The molecule has 1 atom stereocenters. The predicted octanol–water partition coefficient (Wildman–Crippen LogP) is 2.19. The van der Waals surface area contributed by atoms with E-state index in [0.29, 0.717) is 24.5 Å². The SMILES string of the molecule is O=C(c1cc(-c2ccccc2)on1)N1CCCC(CO)C1. The third kappa shape index (κ3) is 2.97. The minimum Gasteiger partial charge on any atom is -0.396 e. The molecule has 0 bridgehead atoms. The van der Waals surface area contributed by atoms with Crippen LogP contribution >= 0.6 is 0 Å². The summed E-state index contributed by atoms with van der Waals surface area (Å²) in [5.74, 6) is 0.636. The highest BCUT2D eigenvalue weighted by Gasteiger charge is 2.26. The van der Waals surface area contributed by atoms with Crippen LogP contribution in [0.5, 0.6) is 0 Å². The average Bonchev–Trinajstić information content (AvgIpc) is 3.05. The lowest BCUT2D eigenvalue weighted by Crippen LogP contribution is -2.41. The van der Waals surface area contributed by atoms with Crippen LogP contribution in [0.1, 0.15) is 23.3 Å². The maximum absolute atomic E-state index is 12.4. The summed E-state index contributed by atoms with van der Waals surface area (Å²) in [7, 11) is 0. The number of nitrogens with zero attached hydrogens (tertiary/aromatic N) is 2. The number of hydrogen-bond acceptors (Lipinski definition) is 4. The lowest BCUT2D eigenvalue weighted by Gasteiger charge is -2.31. The Balaban J connectivity index is 1.75. The lowest BCUT2D eigenvalue weighted by molar-refractivity contribution is 0.0611. The van der Waals surface area contributed by atoms with Crippen molar-refractivity contribution in [2.75, 3.05) is 19.7 Å².